The zero-order valence-electron chi connectivity index (χ0n) is 11.8. The average Bonchev–Trinajstić information content (AvgIpc) is 2.22. The van der Waals surface area contributed by atoms with E-state index in [0.29, 0.717) is 13.0 Å². The Hall–Kier alpha value is -1.03. The van der Waals surface area contributed by atoms with Crippen molar-refractivity contribution in [3.8, 4) is 0 Å². The van der Waals surface area contributed by atoms with Crippen molar-refractivity contribution in [2.24, 2.45) is 0 Å². The molecule has 0 fully saturated rings. The second-order valence-corrected chi connectivity index (χ2v) is 5.17. The van der Waals surface area contributed by atoms with Crippen LogP contribution in [0.3, 0.4) is 0 Å². The summed E-state index contributed by atoms with van der Waals surface area (Å²) in [6, 6.07) is 5.41. The Labute approximate surface area is 113 Å². The molecule has 0 aliphatic heterocycles. The standard InChI is InChI=1S/C15H22F3N/c1-4-5-19-14(10-15(16,17)18)9-13-7-11(2)6-12(3)8-13/h6-8,14,19H,4-5,9-10H2,1-3H3. The maximum Gasteiger partial charge on any atom is 0.390 e. The molecule has 0 saturated carbocycles. The molecule has 4 heteroatoms. The number of hydrogen-bond donors (Lipinski definition) is 1. The monoisotopic (exact) mass is 273 g/mol. The van der Waals surface area contributed by atoms with E-state index in [1.807, 2.05) is 39.0 Å². The van der Waals surface area contributed by atoms with Crippen LogP contribution in [0.15, 0.2) is 18.2 Å². The third kappa shape index (κ3) is 6.62. The van der Waals surface area contributed by atoms with Gasteiger partial charge in [-0.2, -0.15) is 13.2 Å². The third-order valence-corrected chi connectivity index (χ3v) is 2.92. The Morgan fingerprint density at radius 2 is 1.68 bits per heavy atom. The van der Waals surface area contributed by atoms with Crippen LogP contribution < -0.4 is 5.32 Å². The zero-order valence-corrected chi connectivity index (χ0v) is 11.8. The van der Waals surface area contributed by atoms with Gasteiger partial charge in [0.25, 0.3) is 0 Å². The minimum Gasteiger partial charge on any atom is -0.313 e. The van der Waals surface area contributed by atoms with E-state index < -0.39 is 18.6 Å². The number of halogens is 3. The molecule has 0 saturated heterocycles. The lowest BCUT2D eigenvalue weighted by molar-refractivity contribution is -0.139. The summed E-state index contributed by atoms with van der Waals surface area (Å²) in [6.07, 6.45) is -3.65. The molecular formula is C15H22F3N. The van der Waals surface area contributed by atoms with Crippen molar-refractivity contribution in [3.63, 3.8) is 0 Å². The quantitative estimate of drug-likeness (QED) is 0.820. The Morgan fingerprint density at radius 3 is 2.16 bits per heavy atom. The van der Waals surface area contributed by atoms with Crippen LogP contribution in [0.1, 0.15) is 36.5 Å². The van der Waals surface area contributed by atoms with E-state index in [4.69, 9.17) is 0 Å². The van der Waals surface area contributed by atoms with Gasteiger partial charge in [0.05, 0.1) is 6.42 Å². The molecule has 0 amide bonds. The fraction of sp³-hybridized carbons (Fsp3) is 0.600. The van der Waals surface area contributed by atoms with E-state index in [1.165, 1.54) is 0 Å². The summed E-state index contributed by atoms with van der Waals surface area (Å²) in [5.74, 6) is 0. The Bertz CT molecular complexity index is 379. The topological polar surface area (TPSA) is 12.0 Å². The molecule has 0 spiro atoms. The summed E-state index contributed by atoms with van der Waals surface area (Å²) in [5.41, 5.74) is 3.16. The maximum atomic E-state index is 12.6. The van der Waals surface area contributed by atoms with Gasteiger partial charge in [-0.1, -0.05) is 36.2 Å². The fourth-order valence-corrected chi connectivity index (χ4v) is 2.32. The molecule has 1 aromatic rings. The van der Waals surface area contributed by atoms with Gasteiger partial charge < -0.3 is 5.32 Å². The smallest absolute Gasteiger partial charge is 0.313 e. The van der Waals surface area contributed by atoms with Crippen molar-refractivity contribution in [1.29, 1.82) is 0 Å². The number of alkyl halides is 3. The molecule has 108 valence electrons. The van der Waals surface area contributed by atoms with Crippen LogP contribution >= 0.6 is 0 Å². The lowest BCUT2D eigenvalue weighted by Gasteiger charge is -2.20. The van der Waals surface area contributed by atoms with E-state index in [1.54, 1.807) is 0 Å². The second kappa shape index (κ2) is 6.94. The third-order valence-electron chi connectivity index (χ3n) is 2.92. The van der Waals surface area contributed by atoms with Gasteiger partial charge in [-0.15, -0.1) is 0 Å². The second-order valence-electron chi connectivity index (χ2n) is 5.17. The molecule has 0 radical (unpaired) electrons. The predicted octanol–water partition coefficient (Wildman–Crippen LogP) is 4.17. The van der Waals surface area contributed by atoms with Crippen molar-refractivity contribution in [2.45, 2.75) is 52.3 Å². The van der Waals surface area contributed by atoms with Gasteiger partial charge in [0.1, 0.15) is 0 Å². The molecule has 1 atom stereocenters. The van der Waals surface area contributed by atoms with Gasteiger partial charge in [-0.25, -0.2) is 0 Å². The van der Waals surface area contributed by atoms with Crippen LogP contribution in [0.5, 0.6) is 0 Å². The van der Waals surface area contributed by atoms with Gasteiger partial charge in [0.2, 0.25) is 0 Å². The highest BCUT2D eigenvalue weighted by Gasteiger charge is 2.31. The first-order chi connectivity index (χ1) is 8.80. The SMILES string of the molecule is CCCNC(Cc1cc(C)cc(C)c1)CC(F)(F)F. The van der Waals surface area contributed by atoms with E-state index in [9.17, 15) is 13.2 Å². The first-order valence-electron chi connectivity index (χ1n) is 6.67. The number of hydrogen-bond acceptors (Lipinski definition) is 1. The molecule has 0 aliphatic carbocycles. The summed E-state index contributed by atoms with van der Waals surface area (Å²) in [5, 5.41) is 2.99. The van der Waals surface area contributed by atoms with Crippen molar-refractivity contribution < 1.29 is 13.2 Å². The summed E-state index contributed by atoms with van der Waals surface area (Å²) < 4.78 is 37.7. The van der Waals surface area contributed by atoms with Gasteiger partial charge >= 0.3 is 6.18 Å². The Balaban J connectivity index is 2.75. The number of aryl methyl sites for hydroxylation is 2. The van der Waals surface area contributed by atoms with Gasteiger partial charge in [0, 0.05) is 6.04 Å². The Morgan fingerprint density at radius 1 is 1.11 bits per heavy atom. The molecule has 0 aromatic heterocycles. The van der Waals surface area contributed by atoms with E-state index in [2.05, 4.69) is 5.32 Å². The minimum atomic E-state index is -4.12. The normalized spacial score (nSPS) is 13.6. The van der Waals surface area contributed by atoms with E-state index in [0.717, 1.165) is 23.1 Å². The van der Waals surface area contributed by atoms with Crippen LogP contribution in [0, 0.1) is 13.8 Å². The molecule has 19 heavy (non-hydrogen) atoms. The zero-order chi connectivity index (χ0) is 14.5. The van der Waals surface area contributed by atoms with Gasteiger partial charge in [-0.3, -0.25) is 0 Å². The molecule has 1 unspecified atom stereocenters. The molecule has 0 bridgehead atoms. The Kier molecular flexibility index (Phi) is 5.85. The maximum absolute atomic E-state index is 12.6. The van der Waals surface area contributed by atoms with Crippen molar-refractivity contribution >= 4 is 0 Å². The number of nitrogens with one attached hydrogen (secondary N) is 1. The molecule has 1 rings (SSSR count). The van der Waals surface area contributed by atoms with Crippen LogP contribution in [0.4, 0.5) is 13.2 Å². The molecule has 1 aromatic carbocycles. The lowest BCUT2D eigenvalue weighted by atomic mass is 9.99. The van der Waals surface area contributed by atoms with Crippen molar-refractivity contribution in [3.05, 3.63) is 34.9 Å². The first-order valence-corrected chi connectivity index (χ1v) is 6.67. The lowest BCUT2D eigenvalue weighted by Crippen LogP contribution is -2.36. The number of benzene rings is 1. The van der Waals surface area contributed by atoms with Gasteiger partial charge in [-0.05, 0) is 38.8 Å². The van der Waals surface area contributed by atoms with Crippen LogP contribution in [0.25, 0.3) is 0 Å². The van der Waals surface area contributed by atoms with Crippen LogP contribution in [0.2, 0.25) is 0 Å². The van der Waals surface area contributed by atoms with Crippen LogP contribution in [-0.2, 0) is 6.42 Å². The average molecular weight is 273 g/mol. The van der Waals surface area contributed by atoms with Crippen LogP contribution in [-0.4, -0.2) is 18.8 Å². The van der Waals surface area contributed by atoms with E-state index >= 15 is 0 Å². The summed E-state index contributed by atoms with van der Waals surface area (Å²) in [6.45, 7) is 6.50. The number of rotatable bonds is 6. The molecule has 0 heterocycles. The minimum absolute atomic E-state index is 0.419. The fourth-order valence-electron chi connectivity index (χ4n) is 2.32. The van der Waals surface area contributed by atoms with Crippen molar-refractivity contribution in [2.75, 3.05) is 6.54 Å². The van der Waals surface area contributed by atoms with E-state index in [-0.39, 0.29) is 0 Å². The summed E-state index contributed by atoms with van der Waals surface area (Å²) in [4.78, 5) is 0. The molecule has 1 N–H and O–H groups in total. The molecule has 1 nitrogen and oxygen atoms in total. The highest BCUT2D eigenvalue weighted by molar-refractivity contribution is 5.29. The first kappa shape index (κ1) is 16.0. The molecular weight excluding hydrogens is 251 g/mol. The molecule has 0 aliphatic rings. The highest BCUT2D eigenvalue weighted by Crippen LogP contribution is 2.23. The summed E-state index contributed by atoms with van der Waals surface area (Å²) in [7, 11) is 0. The summed E-state index contributed by atoms with van der Waals surface area (Å²) >= 11 is 0. The largest absolute Gasteiger partial charge is 0.390 e. The predicted molar refractivity (Wildman–Crippen MR) is 72.4 cm³/mol. The highest BCUT2D eigenvalue weighted by atomic mass is 19.4. The van der Waals surface area contributed by atoms with Gasteiger partial charge in [0.15, 0.2) is 0 Å². The van der Waals surface area contributed by atoms with Crippen molar-refractivity contribution in [1.82, 2.24) is 5.32 Å².